The van der Waals surface area contributed by atoms with E-state index in [0.717, 1.165) is 27.8 Å². The average molecular weight is 339 g/mol. The van der Waals surface area contributed by atoms with E-state index < -0.39 is 12.0 Å². The monoisotopic (exact) mass is 339 g/mol. The van der Waals surface area contributed by atoms with Crippen LogP contribution in [0.3, 0.4) is 0 Å². The lowest BCUT2D eigenvalue weighted by Gasteiger charge is -2.19. The maximum atomic E-state index is 12.6. The zero-order valence-corrected chi connectivity index (χ0v) is 15.5. The summed E-state index contributed by atoms with van der Waals surface area (Å²) in [6, 6.07) is 10.9. The van der Waals surface area contributed by atoms with Crippen molar-refractivity contribution in [3.05, 3.63) is 69.8 Å². The highest BCUT2D eigenvalue weighted by Gasteiger charge is 2.24. The number of carbonyl (C=O) groups is 2. The lowest BCUT2D eigenvalue weighted by molar-refractivity contribution is -0.142. The minimum Gasteiger partial charge on any atom is -0.467 e. The van der Waals surface area contributed by atoms with Crippen LogP contribution in [0.4, 0.5) is 0 Å². The second-order valence-electron chi connectivity index (χ2n) is 6.50. The molecule has 0 bridgehead atoms. The highest BCUT2D eigenvalue weighted by molar-refractivity contribution is 5.97. The Morgan fingerprint density at radius 3 is 2.08 bits per heavy atom. The van der Waals surface area contributed by atoms with Crippen molar-refractivity contribution in [1.82, 2.24) is 5.32 Å². The molecule has 0 aromatic heterocycles. The summed E-state index contributed by atoms with van der Waals surface area (Å²) >= 11 is 0. The summed E-state index contributed by atoms with van der Waals surface area (Å²) in [7, 11) is 1.34. The van der Waals surface area contributed by atoms with Crippen molar-refractivity contribution < 1.29 is 14.3 Å². The van der Waals surface area contributed by atoms with Crippen LogP contribution in [0.2, 0.25) is 0 Å². The molecule has 4 heteroatoms. The number of hydrogen-bond donors (Lipinski definition) is 1. The van der Waals surface area contributed by atoms with E-state index in [1.165, 1.54) is 7.11 Å². The Balaban J connectivity index is 2.26. The summed E-state index contributed by atoms with van der Waals surface area (Å²) in [5.74, 6) is -0.714. The van der Waals surface area contributed by atoms with Gasteiger partial charge in [0.1, 0.15) is 6.04 Å². The van der Waals surface area contributed by atoms with Gasteiger partial charge in [-0.2, -0.15) is 0 Å². The Bertz CT molecular complexity index is 755. The Morgan fingerprint density at radius 1 is 1.00 bits per heavy atom. The van der Waals surface area contributed by atoms with E-state index >= 15 is 0 Å². The van der Waals surface area contributed by atoms with Gasteiger partial charge in [0.05, 0.1) is 7.11 Å². The molecular weight excluding hydrogens is 314 g/mol. The number of esters is 1. The van der Waals surface area contributed by atoms with Crippen molar-refractivity contribution in [2.24, 2.45) is 0 Å². The second kappa shape index (κ2) is 7.97. The first kappa shape index (κ1) is 18.7. The molecule has 0 heterocycles. The van der Waals surface area contributed by atoms with Gasteiger partial charge in [-0.05, 0) is 56.5 Å². The molecule has 0 aliphatic carbocycles. The smallest absolute Gasteiger partial charge is 0.328 e. The van der Waals surface area contributed by atoms with Crippen molar-refractivity contribution in [2.45, 2.75) is 40.2 Å². The Labute approximate surface area is 149 Å². The summed E-state index contributed by atoms with van der Waals surface area (Å²) in [6.07, 6.45) is 0.404. The normalized spacial score (nSPS) is 11.7. The number of carbonyl (C=O) groups excluding carboxylic acids is 2. The third-order valence-electron chi connectivity index (χ3n) is 4.33. The number of methoxy groups -OCH3 is 1. The van der Waals surface area contributed by atoms with E-state index in [1.807, 2.05) is 64.1 Å². The molecule has 0 spiro atoms. The van der Waals surface area contributed by atoms with Gasteiger partial charge in [0.2, 0.25) is 0 Å². The zero-order chi connectivity index (χ0) is 18.6. The van der Waals surface area contributed by atoms with Gasteiger partial charge in [-0.25, -0.2) is 4.79 Å². The number of benzene rings is 2. The van der Waals surface area contributed by atoms with E-state index in [1.54, 1.807) is 0 Å². The van der Waals surface area contributed by atoms with E-state index in [9.17, 15) is 9.59 Å². The minimum atomic E-state index is -0.724. The number of hydrogen-bond acceptors (Lipinski definition) is 3. The SMILES string of the molecule is COC(=O)[C@@H](Cc1c(C)cccc1C)NC(=O)c1cc(C)cc(C)c1. The zero-order valence-electron chi connectivity index (χ0n) is 15.5. The molecule has 2 aromatic carbocycles. The van der Waals surface area contributed by atoms with Gasteiger partial charge in [-0.15, -0.1) is 0 Å². The molecule has 1 amide bonds. The first-order valence-corrected chi connectivity index (χ1v) is 8.34. The number of aryl methyl sites for hydroxylation is 4. The number of amides is 1. The fourth-order valence-corrected chi connectivity index (χ4v) is 3.06. The number of nitrogens with one attached hydrogen (secondary N) is 1. The van der Waals surface area contributed by atoms with E-state index in [4.69, 9.17) is 4.74 Å². The molecule has 25 heavy (non-hydrogen) atoms. The van der Waals surface area contributed by atoms with E-state index in [-0.39, 0.29) is 5.91 Å². The highest BCUT2D eigenvalue weighted by Crippen LogP contribution is 2.16. The Hall–Kier alpha value is -2.62. The fraction of sp³-hybridized carbons (Fsp3) is 0.333. The van der Waals surface area contributed by atoms with Gasteiger partial charge < -0.3 is 10.1 Å². The van der Waals surface area contributed by atoms with E-state index in [2.05, 4.69) is 5.32 Å². The molecule has 0 aliphatic heterocycles. The first-order chi connectivity index (χ1) is 11.8. The Kier molecular flexibility index (Phi) is 5.97. The van der Waals surface area contributed by atoms with Crippen LogP contribution in [0, 0.1) is 27.7 Å². The predicted octanol–water partition coefficient (Wildman–Crippen LogP) is 3.43. The van der Waals surface area contributed by atoms with Crippen LogP contribution in [0.25, 0.3) is 0 Å². The maximum Gasteiger partial charge on any atom is 0.328 e. The van der Waals surface area contributed by atoms with Crippen LogP contribution >= 0.6 is 0 Å². The maximum absolute atomic E-state index is 12.6. The molecule has 2 rings (SSSR count). The predicted molar refractivity (Wildman–Crippen MR) is 98.8 cm³/mol. The summed E-state index contributed by atoms with van der Waals surface area (Å²) in [6.45, 7) is 7.89. The second-order valence-corrected chi connectivity index (χ2v) is 6.50. The van der Waals surface area contributed by atoms with Crippen LogP contribution in [-0.4, -0.2) is 25.0 Å². The third kappa shape index (κ3) is 4.69. The molecule has 0 radical (unpaired) electrons. The lowest BCUT2D eigenvalue weighted by atomic mass is 9.96. The molecule has 1 N–H and O–H groups in total. The van der Waals surface area contributed by atoms with Gasteiger partial charge in [0.25, 0.3) is 5.91 Å². The lowest BCUT2D eigenvalue weighted by Crippen LogP contribution is -2.43. The summed E-state index contributed by atoms with van der Waals surface area (Å²) in [4.78, 5) is 24.8. The molecular formula is C21H25NO3. The van der Waals surface area contributed by atoms with Crippen LogP contribution in [0.1, 0.15) is 38.2 Å². The molecule has 0 fully saturated rings. The molecule has 2 aromatic rings. The van der Waals surface area contributed by atoms with Gasteiger partial charge in [0, 0.05) is 12.0 Å². The number of rotatable bonds is 5. The van der Waals surface area contributed by atoms with Gasteiger partial charge in [-0.3, -0.25) is 4.79 Å². The molecule has 132 valence electrons. The molecule has 0 saturated heterocycles. The quantitative estimate of drug-likeness (QED) is 0.849. The topological polar surface area (TPSA) is 55.4 Å². The highest BCUT2D eigenvalue weighted by atomic mass is 16.5. The molecule has 0 unspecified atom stereocenters. The van der Waals surface area contributed by atoms with Crippen molar-refractivity contribution in [3.8, 4) is 0 Å². The summed E-state index contributed by atoms with van der Waals surface area (Å²) in [5.41, 5.74) is 5.81. The van der Waals surface area contributed by atoms with E-state index in [0.29, 0.717) is 12.0 Å². The number of ether oxygens (including phenoxy) is 1. The standard InChI is InChI=1S/C21H25NO3/c1-13-9-14(2)11-17(10-13)20(23)22-19(21(24)25-5)12-18-15(3)7-6-8-16(18)4/h6-11,19H,12H2,1-5H3,(H,22,23)/t19-/m1/s1. The first-order valence-electron chi connectivity index (χ1n) is 8.34. The van der Waals surface area contributed by atoms with Gasteiger partial charge in [0.15, 0.2) is 0 Å². The molecule has 4 nitrogen and oxygen atoms in total. The molecule has 1 atom stereocenters. The summed E-state index contributed by atoms with van der Waals surface area (Å²) in [5, 5.41) is 2.83. The van der Waals surface area contributed by atoms with Crippen LogP contribution in [-0.2, 0) is 16.0 Å². The minimum absolute atomic E-state index is 0.270. The van der Waals surface area contributed by atoms with Crippen LogP contribution in [0.5, 0.6) is 0 Å². The fourth-order valence-electron chi connectivity index (χ4n) is 3.06. The molecule has 0 aliphatic rings. The Morgan fingerprint density at radius 2 is 1.56 bits per heavy atom. The average Bonchev–Trinajstić information content (AvgIpc) is 2.55. The van der Waals surface area contributed by atoms with Crippen LogP contribution in [0.15, 0.2) is 36.4 Å². The largest absolute Gasteiger partial charge is 0.467 e. The van der Waals surface area contributed by atoms with Crippen molar-refractivity contribution in [1.29, 1.82) is 0 Å². The van der Waals surface area contributed by atoms with Gasteiger partial charge >= 0.3 is 5.97 Å². The van der Waals surface area contributed by atoms with Crippen molar-refractivity contribution in [3.63, 3.8) is 0 Å². The van der Waals surface area contributed by atoms with Gasteiger partial charge in [-0.1, -0.05) is 35.4 Å². The summed E-state index contributed by atoms with van der Waals surface area (Å²) < 4.78 is 4.89. The third-order valence-corrected chi connectivity index (χ3v) is 4.33. The molecule has 0 saturated carbocycles. The van der Waals surface area contributed by atoms with Crippen molar-refractivity contribution in [2.75, 3.05) is 7.11 Å². The van der Waals surface area contributed by atoms with Crippen molar-refractivity contribution >= 4 is 11.9 Å². The van der Waals surface area contributed by atoms with Crippen LogP contribution < -0.4 is 5.32 Å².